The van der Waals surface area contributed by atoms with Gasteiger partial charge in [0.05, 0.1) is 23.1 Å². The predicted molar refractivity (Wildman–Crippen MR) is 110 cm³/mol. The molecule has 2 atom stereocenters. The largest absolute Gasteiger partial charge is 0.394 e. The predicted octanol–water partition coefficient (Wildman–Crippen LogP) is 3.48. The molecule has 8 nitrogen and oxygen atoms in total. The number of carbonyl (C=O) groups excluding carboxylic acids is 1. The number of anilines is 1. The van der Waals surface area contributed by atoms with E-state index in [0.717, 1.165) is 24.2 Å². The molecule has 0 aliphatic carbocycles. The Morgan fingerprint density at radius 1 is 1.30 bits per heavy atom. The third-order valence-corrected chi connectivity index (χ3v) is 6.35. The van der Waals surface area contributed by atoms with Crippen LogP contribution in [0.3, 0.4) is 0 Å². The van der Waals surface area contributed by atoms with Crippen molar-refractivity contribution in [1.82, 2.24) is 19.9 Å². The topological polar surface area (TPSA) is 75.0 Å². The van der Waals surface area contributed by atoms with Crippen molar-refractivity contribution in [3.05, 3.63) is 41.7 Å². The Balaban J connectivity index is 1.70. The molecule has 4 heterocycles. The zero-order chi connectivity index (χ0) is 21.0. The molecule has 3 aliphatic rings. The molecule has 0 saturated carbocycles. The van der Waals surface area contributed by atoms with E-state index in [1.54, 1.807) is 17.3 Å². The smallest absolute Gasteiger partial charge is 0.325 e. The van der Waals surface area contributed by atoms with E-state index in [2.05, 4.69) is 10.5 Å². The van der Waals surface area contributed by atoms with E-state index in [1.807, 2.05) is 30.2 Å². The quantitative estimate of drug-likeness (QED) is 0.820. The van der Waals surface area contributed by atoms with Crippen LogP contribution < -0.4 is 10.4 Å². The number of halogens is 1. The minimum absolute atomic E-state index is 0.0420. The van der Waals surface area contributed by atoms with Crippen molar-refractivity contribution < 1.29 is 14.0 Å². The average molecular weight is 412 g/mol. The number of carbonyl (C=O) groups is 1. The number of rotatable bonds is 2. The zero-order valence-corrected chi connectivity index (χ0v) is 17.3. The summed E-state index contributed by atoms with van der Waals surface area (Å²) in [6, 6.07) is 4.06. The Kier molecular flexibility index (Phi) is 4.32. The van der Waals surface area contributed by atoms with Crippen molar-refractivity contribution in [1.29, 1.82) is 0 Å². The van der Waals surface area contributed by atoms with Gasteiger partial charge >= 0.3 is 6.03 Å². The number of hydroxylamine groups is 1. The minimum atomic E-state index is -0.852. The summed E-state index contributed by atoms with van der Waals surface area (Å²) in [4.78, 5) is 31.6. The summed E-state index contributed by atoms with van der Waals surface area (Å²) in [6.45, 7) is 7.46. The maximum atomic E-state index is 14.2. The second kappa shape index (κ2) is 6.80. The first-order chi connectivity index (χ1) is 14.4. The highest BCUT2D eigenvalue weighted by molar-refractivity contribution is 5.96. The first kappa shape index (κ1) is 19.0. The van der Waals surface area contributed by atoms with Gasteiger partial charge in [-0.3, -0.25) is 9.47 Å². The van der Waals surface area contributed by atoms with Gasteiger partial charge in [-0.2, -0.15) is 0 Å². The van der Waals surface area contributed by atoms with E-state index in [9.17, 15) is 9.18 Å². The number of imidazole rings is 1. The highest BCUT2D eigenvalue weighted by Crippen LogP contribution is 2.45. The van der Waals surface area contributed by atoms with E-state index in [4.69, 9.17) is 9.82 Å². The Labute approximate surface area is 174 Å². The first-order valence-electron chi connectivity index (χ1n) is 10.4. The van der Waals surface area contributed by atoms with Crippen molar-refractivity contribution in [3.8, 4) is 5.69 Å². The van der Waals surface area contributed by atoms with Crippen molar-refractivity contribution in [2.24, 2.45) is 10.9 Å². The molecule has 2 unspecified atom stereocenters. The Morgan fingerprint density at radius 3 is 2.73 bits per heavy atom. The summed E-state index contributed by atoms with van der Waals surface area (Å²) in [5, 5.41) is 0. The molecule has 1 fully saturated rings. The molecule has 2 aromatic rings. The number of likely N-dealkylation sites (tertiary alicyclic amines) is 1. The Hall–Kier alpha value is -2.94. The third-order valence-electron chi connectivity index (χ3n) is 6.35. The van der Waals surface area contributed by atoms with Crippen LogP contribution in [0.2, 0.25) is 0 Å². The van der Waals surface area contributed by atoms with Crippen molar-refractivity contribution in [3.63, 3.8) is 0 Å². The fourth-order valence-electron chi connectivity index (χ4n) is 4.70. The van der Waals surface area contributed by atoms with Gasteiger partial charge in [0.2, 0.25) is 0 Å². The second-order valence-electron chi connectivity index (χ2n) is 8.38. The van der Waals surface area contributed by atoms with Gasteiger partial charge in [0, 0.05) is 19.0 Å². The number of nitrogens with one attached hydrogen (secondary N) is 1. The maximum Gasteiger partial charge on any atom is 0.325 e. The molecule has 2 amide bonds. The number of aromatic nitrogens is 2. The molecule has 0 bridgehead atoms. The number of hydrogen-bond acceptors (Lipinski definition) is 5. The standard InChI is InChI=1S/C21H25FN6O2/c1-13(2)21(24-12-30-25-21)19-18-14(3)28(20(29)26-8-4-5-9-26)17-10-15(22)6-7-16(17)27(18)11-23-19/h6-7,10-14,25H,4-5,8-9H2,1-3H3. The van der Waals surface area contributed by atoms with Crippen LogP contribution in [0, 0.1) is 11.7 Å². The van der Waals surface area contributed by atoms with Crippen LogP contribution in [0.15, 0.2) is 29.5 Å². The van der Waals surface area contributed by atoms with Crippen LogP contribution >= 0.6 is 0 Å². The molecule has 1 aromatic heterocycles. The lowest BCUT2D eigenvalue weighted by molar-refractivity contribution is 0.0851. The number of aliphatic imine (C=N–C) groups is 1. The second-order valence-corrected chi connectivity index (χ2v) is 8.38. The van der Waals surface area contributed by atoms with Crippen LogP contribution in [0.25, 0.3) is 5.69 Å². The molecule has 5 rings (SSSR count). The molecule has 3 aliphatic heterocycles. The summed E-state index contributed by atoms with van der Waals surface area (Å²) >= 11 is 0. The van der Waals surface area contributed by atoms with Gasteiger partial charge in [-0.25, -0.2) is 19.2 Å². The lowest BCUT2D eigenvalue weighted by Crippen LogP contribution is -2.48. The van der Waals surface area contributed by atoms with Crippen LogP contribution in [0.5, 0.6) is 0 Å². The molecule has 1 saturated heterocycles. The highest BCUT2D eigenvalue weighted by Gasteiger charge is 2.47. The fraction of sp³-hybridized carbons (Fsp3) is 0.476. The first-order valence-corrected chi connectivity index (χ1v) is 10.4. The van der Waals surface area contributed by atoms with Crippen LogP contribution in [0.4, 0.5) is 14.9 Å². The van der Waals surface area contributed by atoms with E-state index >= 15 is 0 Å². The van der Waals surface area contributed by atoms with Crippen LogP contribution in [-0.4, -0.2) is 40.0 Å². The summed E-state index contributed by atoms with van der Waals surface area (Å²) in [7, 11) is 0. The third kappa shape index (κ3) is 2.57. The van der Waals surface area contributed by atoms with Gasteiger partial charge in [-0.1, -0.05) is 13.8 Å². The molecule has 9 heteroatoms. The lowest BCUT2D eigenvalue weighted by atomic mass is 9.90. The van der Waals surface area contributed by atoms with Crippen LogP contribution in [-0.2, 0) is 10.5 Å². The molecular formula is C21H25FN6O2. The molecule has 158 valence electrons. The number of fused-ring (bicyclic) bond motifs is 3. The van der Waals surface area contributed by atoms with Crippen molar-refractivity contribution in [2.45, 2.75) is 45.3 Å². The minimum Gasteiger partial charge on any atom is -0.394 e. The van der Waals surface area contributed by atoms with Crippen molar-refractivity contribution >= 4 is 18.1 Å². The number of urea groups is 1. The van der Waals surface area contributed by atoms with Gasteiger partial charge in [0.25, 0.3) is 0 Å². The molecule has 30 heavy (non-hydrogen) atoms. The normalized spacial score (nSPS) is 24.9. The number of amides is 2. The summed E-state index contributed by atoms with van der Waals surface area (Å²) in [6.07, 6.45) is 5.07. The van der Waals surface area contributed by atoms with Crippen molar-refractivity contribution in [2.75, 3.05) is 18.0 Å². The number of benzene rings is 1. The van der Waals surface area contributed by atoms with Gasteiger partial charge < -0.3 is 9.74 Å². The molecular weight excluding hydrogens is 387 g/mol. The number of nitrogens with zero attached hydrogens (tertiary/aromatic N) is 5. The summed E-state index contributed by atoms with van der Waals surface area (Å²) in [5.41, 5.74) is 4.96. The van der Waals surface area contributed by atoms with E-state index in [1.165, 1.54) is 18.5 Å². The number of hydrogen-bond donors (Lipinski definition) is 1. The highest BCUT2D eigenvalue weighted by atomic mass is 19.1. The average Bonchev–Trinajstić information content (AvgIpc) is 3.47. The Bertz CT molecular complexity index is 1030. The molecule has 0 spiro atoms. The van der Waals surface area contributed by atoms with Gasteiger partial charge in [-0.05, 0) is 38.0 Å². The maximum absolute atomic E-state index is 14.2. The monoisotopic (exact) mass is 412 g/mol. The van der Waals surface area contributed by atoms with Gasteiger partial charge in [-0.15, -0.1) is 5.48 Å². The Morgan fingerprint density at radius 2 is 2.07 bits per heavy atom. The zero-order valence-electron chi connectivity index (χ0n) is 17.3. The van der Waals surface area contributed by atoms with E-state index in [-0.39, 0.29) is 23.8 Å². The summed E-state index contributed by atoms with van der Waals surface area (Å²) < 4.78 is 16.1. The fourth-order valence-corrected chi connectivity index (χ4v) is 4.70. The van der Waals surface area contributed by atoms with Crippen LogP contribution in [0.1, 0.15) is 51.0 Å². The molecule has 1 N–H and O–H groups in total. The molecule has 1 aromatic carbocycles. The van der Waals surface area contributed by atoms with E-state index in [0.29, 0.717) is 24.5 Å². The lowest BCUT2D eigenvalue weighted by Gasteiger charge is -2.39. The van der Waals surface area contributed by atoms with E-state index < -0.39 is 5.66 Å². The molecule has 0 radical (unpaired) electrons. The van der Waals surface area contributed by atoms with Gasteiger partial charge in [0.1, 0.15) is 17.8 Å². The SMILES string of the molecule is CC1c2c(C3(C(C)C)N=CON3)ncn2-c2ccc(F)cc2N1C(=O)N1CCCC1. The van der Waals surface area contributed by atoms with Gasteiger partial charge in [0.15, 0.2) is 12.1 Å². The summed E-state index contributed by atoms with van der Waals surface area (Å²) in [5.74, 6) is -0.335.